The highest BCUT2D eigenvalue weighted by Gasteiger charge is 2.20. The van der Waals surface area contributed by atoms with Crippen LogP contribution >= 0.6 is 11.8 Å². The van der Waals surface area contributed by atoms with Crippen molar-refractivity contribution >= 4 is 22.7 Å². The second-order valence-electron chi connectivity index (χ2n) is 8.70. The predicted octanol–water partition coefficient (Wildman–Crippen LogP) is 5.17. The normalized spacial score (nSPS) is 17.1. The van der Waals surface area contributed by atoms with Crippen molar-refractivity contribution in [3.63, 3.8) is 0 Å². The van der Waals surface area contributed by atoms with Crippen molar-refractivity contribution in [1.82, 2.24) is 9.55 Å². The van der Waals surface area contributed by atoms with E-state index in [1.807, 2.05) is 28.8 Å². The number of hydrogen-bond acceptors (Lipinski definition) is 4. The van der Waals surface area contributed by atoms with Gasteiger partial charge in [0.25, 0.3) is 5.56 Å². The lowest BCUT2D eigenvalue weighted by Crippen LogP contribution is -2.28. The van der Waals surface area contributed by atoms with Gasteiger partial charge in [0.05, 0.1) is 23.6 Å². The van der Waals surface area contributed by atoms with Gasteiger partial charge in [-0.1, -0.05) is 68.9 Å². The topological polar surface area (TPSA) is 44.1 Å². The summed E-state index contributed by atoms with van der Waals surface area (Å²) in [6, 6.07) is 16.3. The molecule has 152 valence electrons. The quantitative estimate of drug-likeness (QED) is 0.432. The van der Waals surface area contributed by atoms with Gasteiger partial charge in [-0.05, 0) is 41.5 Å². The maximum Gasteiger partial charge on any atom is 0.262 e. The Kier molecular flexibility index (Phi) is 5.79. The Bertz CT molecular complexity index is 1050. The summed E-state index contributed by atoms with van der Waals surface area (Å²) in [6.45, 7) is 8.02. The smallest absolute Gasteiger partial charge is 0.262 e. The first-order chi connectivity index (χ1) is 13.9. The Balaban J connectivity index is 1.62. The molecule has 1 fully saturated rings. The number of rotatable bonds is 5. The van der Waals surface area contributed by atoms with Crippen LogP contribution in [0.4, 0.5) is 0 Å². The Morgan fingerprint density at radius 1 is 1.14 bits per heavy atom. The molecule has 29 heavy (non-hydrogen) atoms. The van der Waals surface area contributed by atoms with E-state index >= 15 is 0 Å². The van der Waals surface area contributed by atoms with Crippen molar-refractivity contribution in [3.05, 3.63) is 70.0 Å². The highest BCUT2D eigenvalue weighted by atomic mass is 32.2. The summed E-state index contributed by atoms with van der Waals surface area (Å²) in [7, 11) is 0. The first-order valence-electron chi connectivity index (χ1n) is 10.3. The van der Waals surface area contributed by atoms with Crippen LogP contribution in [-0.4, -0.2) is 22.3 Å². The van der Waals surface area contributed by atoms with Gasteiger partial charge in [0.15, 0.2) is 5.16 Å². The van der Waals surface area contributed by atoms with E-state index in [1.54, 1.807) is 11.8 Å². The van der Waals surface area contributed by atoms with E-state index in [4.69, 9.17) is 9.72 Å². The molecule has 0 bridgehead atoms. The van der Waals surface area contributed by atoms with E-state index in [9.17, 15) is 4.79 Å². The van der Waals surface area contributed by atoms with Crippen LogP contribution in [0.2, 0.25) is 0 Å². The average molecular weight is 409 g/mol. The van der Waals surface area contributed by atoms with Gasteiger partial charge in [0.1, 0.15) is 0 Å². The first kappa shape index (κ1) is 20.2. The average Bonchev–Trinajstić information content (AvgIpc) is 3.22. The van der Waals surface area contributed by atoms with Crippen molar-refractivity contribution in [2.24, 2.45) is 0 Å². The van der Waals surface area contributed by atoms with Crippen molar-refractivity contribution in [1.29, 1.82) is 0 Å². The van der Waals surface area contributed by atoms with Crippen LogP contribution in [0.5, 0.6) is 0 Å². The number of ether oxygens (including phenoxy) is 1. The zero-order valence-electron chi connectivity index (χ0n) is 17.4. The molecule has 3 aromatic rings. The molecule has 1 atom stereocenters. The Morgan fingerprint density at radius 3 is 2.59 bits per heavy atom. The summed E-state index contributed by atoms with van der Waals surface area (Å²) in [5.41, 5.74) is 3.48. The molecule has 5 heteroatoms. The van der Waals surface area contributed by atoms with Gasteiger partial charge in [-0.25, -0.2) is 4.98 Å². The maximum absolute atomic E-state index is 13.2. The Hall–Kier alpha value is -2.11. The Labute approximate surface area is 176 Å². The summed E-state index contributed by atoms with van der Waals surface area (Å²) < 4.78 is 7.60. The minimum Gasteiger partial charge on any atom is -0.376 e. The molecule has 4 rings (SSSR count). The number of para-hydroxylation sites is 1. The van der Waals surface area contributed by atoms with Crippen LogP contribution in [0.25, 0.3) is 10.9 Å². The molecule has 0 N–H and O–H groups in total. The summed E-state index contributed by atoms with van der Waals surface area (Å²) >= 11 is 1.62. The first-order valence-corrected chi connectivity index (χ1v) is 11.2. The molecule has 0 spiro atoms. The van der Waals surface area contributed by atoms with Crippen molar-refractivity contribution in [2.75, 3.05) is 6.61 Å². The van der Waals surface area contributed by atoms with E-state index in [2.05, 4.69) is 45.0 Å². The van der Waals surface area contributed by atoms with Crippen LogP contribution in [0.15, 0.2) is 58.5 Å². The van der Waals surface area contributed by atoms with Gasteiger partial charge >= 0.3 is 0 Å². The van der Waals surface area contributed by atoms with Gasteiger partial charge < -0.3 is 4.74 Å². The van der Waals surface area contributed by atoms with Gasteiger partial charge in [0, 0.05) is 12.4 Å². The fourth-order valence-electron chi connectivity index (χ4n) is 3.66. The molecule has 1 aromatic heterocycles. The van der Waals surface area contributed by atoms with E-state index in [1.165, 1.54) is 11.1 Å². The fraction of sp³-hybridized carbons (Fsp3) is 0.417. The molecule has 2 aromatic carbocycles. The predicted molar refractivity (Wildman–Crippen MR) is 120 cm³/mol. The minimum absolute atomic E-state index is 0.0247. The minimum atomic E-state index is 0.0247. The van der Waals surface area contributed by atoms with Crippen LogP contribution in [0, 0.1) is 0 Å². The van der Waals surface area contributed by atoms with Gasteiger partial charge in [0.2, 0.25) is 0 Å². The summed E-state index contributed by atoms with van der Waals surface area (Å²) in [5.74, 6) is 0.778. The molecular weight excluding hydrogens is 380 g/mol. The molecule has 1 aliphatic heterocycles. The summed E-state index contributed by atoms with van der Waals surface area (Å²) in [4.78, 5) is 18.0. The standard InChI is InChI=1S/C24H28N2O2S/c1-24(2,3)18-12-10-17(11-13-18)16-29-23-25-21-9-5-4-8-20(21)22(27)26(23)15-19-7-6-14-28-19/h4-5,8-13,19H,6-7,14-16H2,1-3H3/t19-/m1/s1. The third kappa shape index (κ3) is 4.57. The lowest BCUT2D eigenvalue weighted by molar-refractivity contribution is 0.0937. The number of nitrogens with zero attached hydrogens (tertiary/aromatic N) is 2. The maximum atomic E-state index is 13.2. The van der Waals surface area contributed by atoms with Crippen molar-refractivity contribution in [2.45, 2.75) is 62.6 Å². The van der Waals surface area contributed by atoms with Crippen LogP contribution in [0.3, 0.4) is 0 Å². The van der Waals surface area contributed by atoms with Crippen molar-refractivity contribution in [3.8, 4) is 0 Å². The van der Waals surface area contributed by atoms with Gasteiger partial charge in [-0.3, -0.25) is 9.36 Å². The molecule has 2 heterocycles. The number of hydrogen-bond donors (Lipinski definition) is 0. The summed E-state index contributed by atoms with van der Waals surface area (Å²) in [6.07, 6.45) is 2.15. The molecule has 0 saturated carbocycles. The van der Waals surface area contributed by atoms with Gasteiger partial charge in [-0.2, -0.15) is 0 Å². The Morgan fingerprint density at radius 2 is 1.90 bits per heavy atom. The highest BCUT2D eigenvalue weighted by Crippen LogP contribution is 2.26. The SMILES string of the molecule is CC(C)(C)c1ccc(CSc2nc3ccccc3c(=O)n2C[C@H]2CCCO2)cc1. The van der Waals surface area contributed by atoms with Crippen LogP contribution in [0.1, 0.15) is 44.7 Å². The van der Waals surface area contributed by atoms with Crippen LogP contribution in [-0.2, 0) is 22.4 Å². The lowest BCUT2D eigenvalue weighted by Gasteiger charge is -2.19. The third-order valence-electron chi connectivity index (χ3n) is 5.42. The van der Waals surface area contributed by atoms with E-state index < -0.39 is 0 Å². The zero-order valence-corrected chi connectivity index (χ0v) is 18.2. The largest absolute Gasteiger partial charge is 0.376 e. The number of benzene rings is 2. The number of thioether (sulfide) groups is 1. The molecule has 0 unspecified atom stereocenters. The second-order valence-corrected chi connectivity index (χ2v) is 9.64. The molecule has 0 radical (unpaired) electrons. The zero-order chi connectivity index (χ0) is 20.4. The molecule has 1 saturated heterocycles. The third-order valence-corrected chi connectivity index (χ3v) is 6.47. The van der Waals surface area contributed by atoms with E-state index in [0.29, 0.717) is 11.9 Å². The van der Waals surface area contributed by atoms with Crippen LogP contribution < -0.4 is 5.56 Å². The monoisotopic (exact) mass is 408 g/mol. The van der Waals surface area contributed by atoms with E-state index in [0.717, 1.165) is 35.9 Å². The molecule has 4 nitrogen and oxygen atoms in total. The summed E-state index contributed by atoms with van der Waals surface area (Å²) in [5, 5.41) is 1.44. The second kappa shape index (κ2) is 8.33. The number of aromatic nitrogens is 2. The molecule has 1 aliphatic rings. The molecule has 0 aliphatic carbocycles. The lowest BCUT2D eigenvalue weighted by atomic mass is 9.87. The fourth-order valence-corrected chi connectivity index (χ4v) is 4.62. The number of fused-ring (bicyclic) bond motifs is 1. The van der Waals surface area contributed by atoms with E-state index in [-0.39, 0.29) is 17.1 Å². The highest BCUT2D eigenvalue weighted by molar-refractivity contribution is 7.98. The molecule has 0 amide bonds. The van der Waals surface area contributed by atoms with Gasteiger partial charge in [-0.15, -0.1) is 0 Å². The van der Waals surface area contributed by atoms with Crippen molar-refractivity contribution < 1.29 is 4.74 Å². The molecular formula is C24H28N2O2S.